The number of unbranched alkanes of at least 4 members (excludes halogenated alkanes) is 1. The molecule has 2 aliphatic rings. The van der Waals surface area contributed by atoms with Crippen LogP contribution in [0.3, 0.4) is 0 Å². The Labute approximate surface area is 163 Å². The van der Waals surface area contributed by atoms with Crippen molar-refractivity contribution in [1.29, 1.82) is 0 Å². The lowest BCUT2D eigenvalue weighted by Crippen LogP contribution is -2.36. The Kier molecular flexibility index (Phi) is 9.71. The van der Waals surface area contributed by atoms with E-state index in [4.69, 9.17) is 14.6 Å². The number of rotatable bonds is 14. The fraction of sp³-hybridized carbons (Fsp3) is 0.824. The van der Waals surface area contributed by atoms with Crippen LogP contribution in [-0.4, -0.2) is 79.1 Å². The molecule has 0 aliphatic carbocycles. The van der Waals surface area contributed by atoms with Crippen molar-refractivity contribution in [3.05, 3.63) is 0 Å². The van der Waals surface area contributed by atoms with Gasteiger partial charge < -0.3 is 30.5 Å². The normalized spacial score (nSPS) is 23.6. The Morgan fingerprint density at radius 1 is 1.11 bits per heavy atom. The van der Waals surface area contributed by atoms with Gasteiger partial charge in [-0.1, -0.05) is 6.42 Å². The standard InChI is InChI=1S/C17H29N3O6S/c21-14(18-6-8-26-10-9-25-7-5-15(22)23)4-2-1-3-13-16-12(11-27-13)19-17(24)20-16/h12-13,16H,1-11H2,(H,18,21)(H,22,23)(H2,19,20,24)/t12-,13-,16+/m0/s1. The van der Waals surface area contributed by atoms with E-state index in [0.717, 1.165) is 25.0 Å². The highest BCUT2D eigenvalue weighted by atomic mass is 32.2. The Morgan fingerprint density at radius 3 is 2.67 bits per heavy atom. The number of fused-ring (bicyclic) bond motifs is 1. The summed E-state index contributed by atoms with van der Waals surface area (Å²) in [4.78, 5) is 33.4. The number of carbonyl (C=O) groups excluding carboxylic acids is 2. The lowest BCUT2D eigenvalue weighted by Gasteiger charge is -2.16. The fourth-order valence-corrected chi connectivity index (χ4v) is 4.65. The van der Waals surface area contributed by atoms with Crippen LogP contribution < -0.4 is 16.0 Å². The smallest absolute Gasteiger partial charge is 0.315 e. The quantitative estimate of drug-likeness (QED) is 0.243. The first kappa shape index (κ1) is 21.8. The molecule has 10 heteroatoms. The Hall–Kier alpha value is -1.52. The largest absolute Gasteiger partial charge is 0.481 e. The fourth-order valence-electron chi connectivity index (χ4n) is 3.11. The second-order valence-electron chi connectivity index (χ2n) is 6.59. The van der Waals surface area contributed by atoms with Crippen molar-refractivity contribution in [2.75, 3.05) is 38.7 Å². The number of hydrogen-bond acceptors (Lipinski definition) is 6. The van der Waals surface area contributed by atoms with Crippen LogP contribution in [-0.2, 0) is 19.1 Å². The number of aliphatic carboxylic acids is 1. The zero-order valence-electron chi connectivity index (χ0n) is 15.4. The highest BCUT2D eigenvalue weighted by Gasteiger charge is 2.42. The molecule has 3 amide bonds. The Balaban J connectivity index is 1.38. The molecule has 0 aromatic heterocycles. The minimum Gasteiger partial charge on any atom is -0.481 e. The van der Waals surface area contributed by atoms with E-state index < -0.39 is 5.97 Å². The Bertz CT molecular complexity index is 507. The van der Waals surface area contributed by atoms with Crippen molar-refractivity contribution in [2.45, 2.75) is 49.4 Å². The number of ether oxygens (including phenoxy) is 2. The molecule has 2 rings (SSSR count). The summed E-state index contributed by atoms with van der Waals surface area (Å²) in [5.41, 5.74) is 0. The first-order valence-electron chi connectivity index (χ1n) is 9.39. The van der Waals surface area contributed by atoms with Crippen molar-refractivity contribution in [2.24, 2.45) is 0 Å². The van der Waals surface area contributed by atoms with Crippen molar-refractivity contribution in [1.82, 2.24) is 16.0 Å². The molecule has 2 saturated heterocycles. The molecule has 0 bridgehead atoms. The van der Waals surface area contributed by atoms with Crippen molar-refractivity contribution >= 4 is 29.7 Å². The third kappa shape index (κ3) is 8.35. The molecular formula is C17H29N3O6S. The van der Waals surface area contributed by atoms with Gasteiger partial charge in [-0.15, -0.1) is 0 Å². The van der Waals surface area contributed by atoms with Crippen LogP contribution in [0.1, 0.15) is 32.1 Å². The SMILES string of the molecule is O=C(O)CCOCCOCCNC(=O)CCCC[C@@H]1SC[C@@H]2NC(=O)N[C@H]21. The van der Waals surface area contributed by atoms with E-state index in [2.05, 4.69) is 16.0 Å². The van der Waals surface area contributed by atoms with Crippen LogP contribution in [0.25, 0.3) is 0 Å². The molecule has 0 aromatic rings. The molecule has 3 atom stereocenters. The third-order valence-electron chi connectivity index (χ3n) is 4.48. The van der Waals surface area contributed by atoms with E-state index in [-0.39, 0.29) is 37.0 Å². The van der Waals surface area contributed by atoms with E-state index in [9.17, 15) is 14.4 Å². The first-order valence-corrected chi connectivity index (χ1v) is 10.4. The maximum Gasteiger partial charge on any atom is 0.315 e. The van der Waals surface area contributed by atoms with Crippen molar-refractivity contribution in [3.63, 3.8) is 0 Å². The molecule has 2 fully saturated rings. The summed E-state index contributed by atoms with van der Waals surface area (Å²) < 4.78 is 10.4. The lowest BCUT2D eigenvalue weighted by atomic mass is 10.0. The minimum absolute atomic E-state index is 0.0117. The van der Waals surface area contributed by atoms with E-state index in [1.54, 1.807) is 0 Å². The summed E-state index contributed by atoms with van der Waals surface area (Å²) in [6.07, 6.45) is 3.29. The second kappa shape index (κ2) is 12.0. The number of amides is 3. The number of hydrogen-bond donors (Lipinski definition) is 4. The maximum atomic E-state index is 11.8. The number of thioether (sulfide) groups is 1. The van der Waals surface area contributed by atoms with E-state index in [1.165, 1.54) is 0 Å². The molecule has 154 valence electrons. The van der Waals surface area contributed by atoms with Crippen LogP contribution in [0, 0.1) is 0 Å². The summed E-state index contributed by atoms with van der Waals surface area (Å²) in [7, 11) is 0. The molecule has 0 aromatic carbocycles. The third-order valence-corrected chi connectivity index (χ3v) is 5.99. The monoisotopic (exact) mass is 403 g/mol. The van der Waals surface area contributed by atoms with Gasteiger partial charge in [-0.25, -0.2) is 4.79 Å². The van der Waals surface area contributed by atoms with Crippen LogP contribution in [0.2, 0.25) is 0 Å². The molecular weight excluding hydrogens is 374 g/mol. The number of nitrogens with one attached hydrogen (secondary N) is 3. The molecule has 2 heterocycles. The molecule has 0 radical (unpaired) electrons. The number of carbonyl (C=O) groups is 3. The molecule has 0 spiro atoms. The minimum atomic E-state index is -0.882. The van der Waals surface area contributed by atoms with Gasteiger partial charge in [0.1, 0.15) is 0 Å². The summed E-state index contributed by atoms with van der Waals surface area (Å²) in [5.74, 6) is 0.0929. The van der Waals surface area contributed by atoms with Crippen LogP contribution in [0.4, 0.5) is 4.79 Å². The van der Waals surface area contributed by atoms with Crippen LogP contribution in [0.5, 0.6) is 0 Å². The second-order valence-corrected chi connectivity index (χ2v) is 7.86. The molecule has 4 N–H and O–H groups in total. The van der Waals surface area contributed by atoms with Gasteiger partial charge in [0.15, 0.2) is 0 Å². The lowest BCUT2D eigenvalue weighted by molar-refractivity contribution is -0.138. The first-order chi connectivity index (χ1) is 13.1. The molecule has 27 heavy (non-hydrogen) atoms. The topological polar surface area (TPSA) is 126 Å². The highest BCUT2D eigenvalue weighted by Crippen LogP contribution is 2.33. The number of carboxylic acid groups (broad SMARTS) is 1. The van der Waals surface area contributed by atoms with Gasteiger partial charge in [-0.2, -0.15) is 11.8 Å². The average molecular weight is 404 g/mol. The maximum absolute atomic E-state index is 11.8. The molecule has 0 saturated carbocycles. The van der Waals surface area contributed by atoms with Crippen LogP contribution >= 0.6 is 11.8 Å². The predicted molar refractivity (Wildman–Crippen MR) is 101 cm³/mol. The summed E-state index contributed by atoms with van der Waals surface area (Å²) in [6, 6.07) is 0.406. The zero-order valence-corrected chi connectivity index (χ0v) is 16.2. The highest BCUT2D eigenvalue weighted by molar-refractivity contribution is 8.00. The number of urea groups is 1. The van der Waals surface area contributed by atoms with Gasteiger partial charge in [0, 0.05) is 24.0 Å². The average Bonchev–Trinajstić information content (AvgIpc) is 3.16. The van der Waals surface area contributed by atoms with Gasteiger partial charge >= 0.3 is 12.0 Å². The zero-order chi connectivity index (χ0) is 19.5. The van der Waals surface area contributed by atoms with Gasteiger partial charge in [-0.3, -0.25) is 9.59 Å². The van der Waals surface area contributed by atoms with Gasteiger partial charge in [0.25, 0.3) is 0 Å². The summed E-state index contributed by atoms with van der Waals surface area (Å²) >= 11 is 1.89. The van der Waals surface area contributed by atoms with Gasteiger partial charge in [0.05, 0.1) is 44.9 Å². The van der Waals surface area contributed by atoms with Gasteiger partial charge in [-0.05, 0) is 12.8 Å². The summed E-state index contributed by atoms with van der Waals surface area (Å²) in [6.45, 7) is 1.76. The Morgan fingerprint density at radius 2 is 1.89 bits per heavy atom. The van der Waals surface area contributed by atoms with Gasteiger partial charge in [0.2, 0.25) is 5.91 Å². The van der Waals surface area contributed by atoms with Crippen molar-refractivity contribution < 1.29 is 29.0 Å². The van der Waals surface area contributed by atoms with Crippen LogP contribution in [0.15, 0.2) is 0 Å². The summed E-state index contributed by atoms with van der Waals surface area (Å²) in [5, 5.41) is 17.6. The molecule has 0 unspecified atom stereocenters. The van der Waals surface area contributed by atoms with Crippen molar-refractivity contribution in [3.8, 4) is 0 Å². The molecule has 9 nitrogen and oxygen atoms in total. The molecule has 2 aliphatic heterocycles. The predicted octanol–water partition coefficient (Wildman–Crippen LogP) is 0.336. The number of carboxylic acids is 1. The van der Waals surface area contributed by atoms with E-state index in [1.807, 2.05) is 11.8 Å². The van der Waals surface area contributed by atoms with E-state index in [0.29, 0.717) is 38.0 Å². The van der Waals surface area contributed by atoms with E-state index >= 15 is 0 Å².